The molecule has 0 atom stereocenters. The molecule has 1 aromatic rings. The molecule has 1 aromatic carbocycles. The fourth-order valence-corrected chi connectivity index (χ4v) is 2.75. The maximum absolute atomic E-state index is 12.4. The second-order valence-corrected chi connectivity index (χ2v) is 5.58. The summed E-state index contributed by atoms with van der Waals surface area (Å²) < 4.78 is 5.28. The van der Waals surface area contributed by atoms with Gasteiger partial charge in [-0.2, -0.15) is 0 Å². The molecular formula is C16H25N3O2. The van der Waals surface area contributed by atoms with Crippen LogP contribution in [0, 0.1) is 6.92 Å². The lowest BCUT2D eigenvalue weighted by molar-refractivity contribution is 0.0909. The summed E-state index contributed by atoms with van der Waals surface area (Å²) >= 11 is 0. The average molecular weight is 291 g/mol. The van der Waals surface area contributed by atoms with Crippen molar-refractivity contribution >= 4 is 5.91 Å². The van der Waals surface area contributed by atoms with E-state index in [1.54, 1.807) is 7.11 Å². The number of amides is 1. The third kappa shape index (κ3) is 4.19. The number of nitrogens with two attached hydrogens (primary N) is 1. The molecule has 0 unspecified atom stereocenters. The fraction of sp³-hybridized carbons (Fsp3) is 0.562. The smallest absolute Gasteiger partial charge is 0.255 e. The minimum atomic E-state index is -0.0483. The zero-order chi connectivity index (χ0) is 15.2. The monoisotopic (exact) mass is 291 g/mol. The van der Waals surface area contributed by atoms with Gasteiger partial charge in [0.05, 0.1) is 12.7 Å². The molecule has 0 saturated carbocycles. The highest BCUT2D eigenvalue weighted by molar-refractivity contribution is 5.97. The molecule has 1 amide bonds. The summed E-state index contributed by atoms with van der Waals surface area (Å²) in [5, 5.41) is 3.12. The lowest BCUT2D eigenvalue weighted by Gasteiger charge is -2.32. The number of methoxy groups -OCH3 is 1. The van der Waals surface area contributed by atoms with Crippen molar-refractivity contribution in [2.75, 3.05) is 33.3 Å². The van der Waals surface area contributed by atoms with E-state index in [9.17, 15) is 4.79 Å². The number of nitrogens with one attached hydrogen (secondary N) is 1. The molecule has 0 aromatic heterocycles. The summed E-state index contributed by atoms with van der Waals surface area (Å²) in [4.78, 5) is 14.8. The highest BCUT2D eigenvalue weighted by Crippen LogP contribution is 2.20. The van der Waals surface area contributed by atoms with E-state index in [1.807, 2.05) is 25.1 Å². The molecule has 0 bridgehead atoms. The van der Waals surface area contributed by atoms with Gasteiger partial charge in [0.15, 0.2) is 0 Å². The molecule has 5 heteroatoms. The number of aryl methyl sites for hydroxylation is 1. The molecule has 21 heavy (non-hydrogen) atoms. The van der Waals surface area contributed by atoms with E-state index >= 15 is 0 Å². The Balaban J connectivity index is 1.95. The van der Waals surface area contributed by atoms with E-state index in [2.05, 4.69) is 10.2 Å². The normalized spacial score (nSPS) is 16.7. The Morgan fingerprint density at radius 3 is 2.76 bits per heavy atom. The van der Waals surface area contributed by atoms with E-state index in [0.29, 0.717) is 17.9 Å². The van der Waals surface area contributed by atoms with Gasteiger partial charge in [-0.05, 0) is 31.9 Å². The van der Waals surface area contributed by atoms with Gasteiger partial charge in [-0.15, -0.1) is 0 Å². The number of ether oxygens (including phenoxy) is 1. The number of hydrogen-bond donors (Lipinski definition) is 2. The topological polar surface area (TPSA) is 67.6 Å². The molecule has 5 nitrogen and oxygen atoms in total. The van der Waals surface area contributed by atoms with Gasteiger partial charge in [0.2, 0.25) is 0 Å². The van der Waals surface area contributed by atoms with Crippen LogP contribution in [0.25, 0.3) is 0 Å². The Bertz CT molecular complexity index is 482. The van der Waals surface area contributed by atoms with Crippen LogP contribution in [0.4, 0.5) is 0 Å². The van der Waals surface area contributed by atoms with E-state index < -0.39 is 0 Å². The Labute approximate surface area is 126 Å². The van der Waals surface area contributed by atoms with E-state index in [1.165, 1.54) is 0 Å². The van der Waals surface area contributed by atoms with E-state index in [0.717, 1.165) is 38.0 Å². The van der Waals surface area contributed by atoms with Crippen LogP contribution in [-0.2, 0) is 0 Å². The molecule has 1 aliphatic heterocycles. The van der Waals surface area contributed by atoms with Crippen LogP contribution in [0.2, 0.25) is 0 Å². The number of likely N-dealkylation sites (tertiary alicyclic amines) is 1. The number of rotatable bonds is 5. The second-order valence-electron chi connectivity index (χ2n) is 5.58. The first kappa shape index (κ1) is 15.8. The number of carbonyl (C=O) groups is 1. The Morgan fingerprint density at radius 2 is 2.14 bits per heavy atom. The van der Waals surface area contributed by atoms with Crippen LogP contribution in [0.3, 0.4) is 0 Å². The first-order chi connectivity index (χ1) is 10.1. The number of piperidine rings is 1. The summed E-state index contributed by atoms with van der Waals surface area (Å²) in [5.41, 5.74) is 7.24. The highest BCUT2D eigenvalue weighted by atomic mass is 16.5. The fourth-order valence-electron chi connectivity index (χ4n) is 2.75. The molecule has 116 valence electrons. The molecule has 2 rings (SSSR count). The second kappa shape index (κ2) is 7.43. The predicted molar refractivity (Wildman–Crippen MR) is 83.7 cm³/mol. The van der Waals surface area contributed by atoms with Crippen LogP contribution in [-0.4, -0.2) is 50.1 Å². The number of benzene rings is 1. The van der Waals surface area contributed by atoms with Crippen molar-refractivity contribution in [3.63, 3.8) is 0 Å². The molecule has 0 radical (unpaired) electrons. The number of carbonyl (C=O) groups excluding carboxylic acids is 1. The maximum Gasteiger partial charge on any atom is 0.255 e. The first-order valence-electron chi connectivity index (χ1n) is 7.52. The van der Waals surface area contributed by atoms with Crippen LogP contribution < -0.4 is 15.8 Å². The lowest BCUT2D eigenvalue weighted by Crippen LogP contribution is -2.45. The molecule has 3 N–H and O–H groups in total. The number of nitrogens with zero attached hydrogens (tertiary/aromatic N) is 1. The zero-order valence-electron chi connectivity index (χ0n) is 12.9. The van der Waals surface area contributed by atoms with Gasteiger partial charge in [0.1, 0.15) is 5.75 Å². The highest BCUT2D eigenvalue weighted by Gasteiger charge is 2.22. The Morgan fingerprint density at radius 1 is 1.43 bits per heavy atom. The molecular weight excluding hydrogens is 266 g/mol. The lowest BCUT2D eigenvalue weighted by atomic mass is 10.0. The van der Waals surface area contributed by atoms with Gasteiger partial charge >= 0.3 is 0 Å². The third-order valence-corrected chi connectivity index (χ3v) is 3.97. The summed E-state index contributed by atoms with van der Waals surface area (Å²) in [7, 11) is 1.59. The Hall–Kier alpha value is -1.59. The summed E-state index contributed by atoms with van der Waals surface area (Å²) in [5.74, 6) is 0.575. The van der Waals surface area contributed by atoms with Crippen molar-refractivity contribution in [3.8, 4) is 5.75 Å². The minimum absolute atomic E-state index is 0.0483. The van der Waals surface area contributed by atoms with Gasteiger partial charge in [-0.25, -0.2) is 0 Å². The van der Waals surface area contributed by atoms with Crippen LogP contribution in [0.15, 0.2) is 18.2 Å². The summed E-state index contributed by atoms with van der Waals surface area (Å²) in [6, 6.07) is 5.89. The molecule has 1 fully saturated rings. The van der Waals surface area contributed by atoms with Crippen LogP contribution in [0.1, 0.15) is 28.8 Å². The number of hydrogen-bond acceptors (Lipinski definition) is 4. The van der Waals surface area contributed by atoms with Gasteiger partial charge in [-0.3, -0.25) is 4.79 Å². The average Bonchev–Trinajstić information content (AvgIpc) is 2.49. The van der Waals surface area contributed by atoms with Crippen molar-refractivity contribution in [1.82, 2.24) is 10.2 Å². The minimum Gasteiger partial charge on any atom is -0.496 e. The molecule has 0 aliphatic carbocycles. The standard InChI is InChI=1S/C16H25N3O2/c1-12-3-4-15(21-2)14(11-12)16(20)18-13-5-8-19(9-6-13)10-7-17/h3-4,11,13H,5-10,17H2,1-2H3,(H,18,20). The van der Waals surface area contributed by atoms with Crippen LogP contribution >= 0.6 is 0 Å². The summed E-state index contributed by atoms with van der Waals surface area (Å²) in [6.45, 7) is 5.59. The molecule has 1 aliphatic rings. The quantitative estimate of drug-likeness (QED) is 0.854. The van der Waals surface area contributed by atoms with Gasteiger partial charge in [0.25, 0.3) is 5.91 Å². The van der Waals surface area contributed by atoms with Crippen LogP contribution in [0.5, 0.6) is 5.75 Å². The maximum atomic E-state index is 12.4. The Kier molecular flexibility index (Phi) is 5.59. The van der Waals surface area contributed by atoms with E-state index in [4.69, 9.17) is 10.5 Å². The molecule has 1 saturated heterocycles. The molecule has 1 heterocycles. The third-order valence-electron chi connectivity index (χ3n) is 3.97. The van der Waals surface area contributed by atoms with E-state index in [-0.39, 0.29) is 11.9 Å². The predicted octanol–water partition coefficient (Wildman–Crippen LogP) is 1.16. The van der Waals surface area contributed by atoms with Crippen molar-refractivity contribution < 1.29 is 9.53 Å². The van der Waals surface area contributed by atoms with Crippen molar-refractivity contribution in [2.45, 2.75) is 25.8 Å². The first-order valence-corrected chi connectivity index (χ1v) is 7.52. The zero-order valence-corrected chi connectivity index (χ0v) is 12.9. The summed E-state index contributed by atoms with van der Waals surface area (Å²) in [6.07, 6.45) is 1.94. The van der Waals surface area contributed by atoms with Gasteiger partial charge in [0, 0.05) is 32.2 Å². The van der Waals surface area contributed by atoms with Gasteiger partial charge in [-0.1, -0.05) is 11.6 Å². The van der Waals surface area contributed by atoms with Crippen molar-refractivity contribution in [1.29, 1.82) is 0 Å². The van der Waals surface area contributed by atoms with Gasteiger partial charge < -0.3 is 20.7 Å². The largest absolute Gasteiger partial charge is 0.496 e. The SMILES string of the molecule is COc1ccc(C)cc1C(=O)NC1CCN(CCN)CC1. The molecule has 0 spiro atoms. The van der Waals surface area contributed by atoms with Crippen molar-refractivity contribution in [2.24, 2.45) is 5.73 Å². The van der Waals surface area contributed by atoms with Crippen molar-refractivity contribution in [3.05, 3.63) is 29.3 Å².